The van der Waals surface area contributed by atoms with Crippen LogP contribution in [-0.2, 0) is 12.6 Å². The lowest BCUT2D eigenvalue weighted by Gasteiger charge is -2.12. The van der Waals surface area contributed by atoms with E-state index in [1.807, 2.05) is 12.1 Å². The number of rotatable bonds is 5. The predicted molar refractivity (Wildman–Crippen MR) is 81.9 cm³/mol. The number of aryl methyl sites for hydroxylation is 1. The maximum absolute atomic E-state index is 13.0. The second kappa shape index (κ2) is 6.34. The average Bonchev–Trinajstić information content (AvgIpc) is 2.93. The highest BCUT2D eigenvalue weighted by Crippen LogP contribution is 2.31. The molecule has 3 aromatic rings. The molecule has 0 saturated heterocycles. The van der Waals surface area contributed by atoms with Gasteiger partial charge in [-0.2, -0.15) is 18.3 Å². The van der Waals surface area contributed by atoms with Gasteiger partial charge >= 0.3 is 11.9 Å². The number of fused-ring (bicyclic) bond motifs is 1. The van der Waals surface area contributed by atoms with Crippen molar-refractivity contribution in [1.82, 2.24) is 19.6 Å². The first kappa shape index (κ1) is 16.0. The van der Waals surface area contributed by atoms with Crippen LogP contribution in [0.5, 0.6) is 0 Å². The van der Waals surface area contributed by atoms with E-state index in [4.69, 9.17) is 0 Å². The Morgan fingerprint density at radius 3 is 2.88 bits per heavy atom. The summed E-state index contributed by atoms with van der Waals surface area (Å²) >= 11 is 0. The number of pyridine rings is 2. The van der Waals surface area contributed by atoms with Crippen molar-refractivity contribution in [2.75, 3.05) is 11.9 Å². The zero-order valence-electron chi connectivity index (χ0n) is 12.5. The number of nitrogens with one attached hydrogen (secondary N) is 2. The van der Waals surface area contributed by atoms with Crippen molar-refractivity contribution in [2.24, 2.45) is 0 Å². The fourth-order valence-electron chi connectivity index (χ4n) is 2.36. The van der Waals surface area contributed by atoms with Crippen molar-refractivity contribution < 1.29 is 13.2 Å². The van der Waals surface area contributed by atoms with Gasteiger partial charge in [-0.15, -0.1) is 0 Å². The van der Waals surface area contributed by atoms with E-state index >= 15 is 0 Å². The first-order valence-corrected chi connectivity index (χ1v) is 7.26. The minimum Gasteiger partial charge on any atom is -0.382 e. The summed E-state index contributed by atoms with van der Waals surface area (Å²) in [5, 5.41) is 8.84. The number of aromatic amines is 1. The molecule has 0 radical (unpaired) electrons. The van der Waals surface area contributed by atoms with E-state index in [0.29, 0.717) is 13.0 Å². The topological polar surface area (TPSA) is 75.1 Å². The Balaban J connectivity index is 1.77. The zero-order chi connectivity index (χ0) is 17.2. The summed E-state index contributed by atoms with van der Waals surface area (Å²) in [4.78, 5) is 15.6. The fourth-order valence-corrected chi connectivity index (χ4v) is 2.36. The quantitative estimate of drug-likeness (QED) is 0.702. The summed E-state index contributed by atoms with van der Waals surface area (Å²) < 4.78 is 39.7. The molecular weight excluding hydrogens is 323 g/mol. The first-order chi connectivity index (χ1) is 11.4. The van der Waals surface area contributed by atoms with Gasteiger partial charge in [0.1, 0.15) is 0 Å². The van der Waals surface area contributed by atoms with E-state index in [2.05, 4.69) is 20.5 Å². The van der Waals surface area contributed by atoms with Crippen molar-refractivity contribution in [3.63, 3.8) is 0 Å². The Kier molecular flexibility index (Phi) is 4.24. The van der Waals surface area contributed by atoms with Gasteiger partial charge in [0.2, 0.25) is 0 Å². The molecule has 0 unspecified atom stereocenters. The van der Waals surface area contributed by atoms with Crippen LogP contribution < -0.4 is 11.0 Å². The second-order valence-electron chi connectivity index (χ2n) is 5.25. The highest BCUT2D eigenvalue weighted by molar-refractivity contribution is 5.68. The van der Waals surface area contributed by atoms with Gasteiger partial charge in [-0.25, -0.2) is 14.3 Å². The molecule has 0 aliphatic heterocycles. The molecule has 9 heteroatoms. The van der Waals surface area contributed by atoms with Gasteiger partial charge in [-0.1, -0.05) is 6.07 Å². The minimum absolute atomic E-state index is 0.134. The second-order valence-corrected chi connectivity index (χ2v) is 5.25. The number of hydrogen-bond acceptors (Lipinski definition) is 4. The van der Waals surface area contributed by atoms with Crippen molar-refractivity contribution >= 4 is 11.3 Å². The SMILES string of the molecule is O=c1[nH]nc2c(NCCCc3cccnc3)cc(C(F)(F)F)cn12. The molecule has 0 spiro atoms. The molecule has 3 rings (SSSR count). The molecule has 0 saturated carbocycles. The molecule has 0 amide bonds. The Morgan fingerprint density at radius 1 is 1.33 bits per heavy atom. The van der Waals surface area contributed by atoms with Crippen LogP contribution in [-0.4, -0.2) is 26.1 Å². The first-order valence-electron chi connectivity index (χ1n) is 7.26. The van der Waals surface area contributed by atoms with Crippen molar-refractivity contribution in [3.05, 3.63) is 58.4 Å². The average molecular weight is 337 g/mol. The molecule has 0 aromatic carbocycles. The van der Waals surface area contributed by atoms with E-state index in [1.54, 1.807) is 12.4 Å². The van der Waals surface area contributed by atoms with Crippen LogP contribution in [0.15, 0.2) is 41.6 Å². The lowest BCUT2D eigenvalue weighted by atomic mass is 10.1. The van der Waals surface area contributed by atoms with E-state index in [9.17, 15) is 18.0 Å². The molecule has 126 valence electrons. The Bertz CT molecular complexity index is 886. The van der Waals surface area contributed by atoms with Gasteiger partial charge in [0.15, 0.2) is 5.65 Å². The van der Waals surface area contributed by atoms with Crippen LogP contribution >= 0.6 is 0 Å². The molecule has 24 heavy (non-hydrogen) atoms. The van der Waals surface area contributed by atoms with Crippen LogP contribution in [0.2, 0.25) is 0 Å². The van der Waals surface area contributed by atoms with E-state index < -0.39 is 17.4 Å². The Hall–Kier alpha value is -2.84. The van der Waals surface area contributed by atoms with E-state index in [1.165, 1.54) is 0 Å². The van der Waals surface area contributed by atoms with Crippen molar-refractivity contribution in [1.29, 1.82) is 0 Å². The monoisotopic (exact) mass is 337 g/mol. The van der Waals surface area contributed by atoms with Crippen LogP contribution in [0.25, 0.3) is 5.65 Å². The molecule has 0 bridgehead atoms. The van der Waals surface area contributed by atoms with Crippen molar-refractivity contribution in [3.8, 4) is 0 Å². The lowest BCUT2D eigenvalue weighted by Crippen LogP contribution is -2.15. The van der Waals surface area contributed by atoms with Crippen LogP contribution in [0, 0.1) is 0 Å². The third-order valence-corrected chi connectivity index (χ3v) is 3.52. The molecule has 3 aromatic heterocycles. The Morgan fingerprint density at radius 2 is 2.17 bits per heavy atom. The van der Waals surface area contributed by atoms with Crippen LogP contribution in [0.1, 0.15) is 17.5 Å². The van der Waals surface area contributed by atoms with E-state index in [0.717, 1.165) is 28.6 Å². The highest BCUT2D eigenvalue weighted by Gasteiger charge is 2.32. The molecule has 0 fully saturated rings. The lowest BCUT2D eigenvalue weighted by molar-refractivity contribution is -0.137. The van der Waals surface area contributed by atoms with Gasteiger partial charge in [-0.05, 0) is 30.5 Å². The summed E-state index contributed by atoms with van der Waals surface area (Å²) in [5.74, 6) is 0. The van der Waals surface area contributed by atoms with Crippen LogP contribution in [0.3, 0.4) is 0 Å². The molecule has 3 heterocycles. The van der Waals surface area contributed by atoms with Gasteiger partial charge in [0, 0.05) is 25.1 Å². The van der Waals surface area contributed by atoms with E-state index in [-0.39, 0.29) is 11.3 Å². The normalized spacial score (nSPS) is 11.8. The summed E-state index contributed by atoms with van der Waals surface area (Å²) in [6.07, 6.45) is 1.05. The number of anilines is 1. The van der Waals surface area contributed by atoms with Gasteiger partial charge in [0.05, 0.1) is 11.3 Å². The van der Waals surface area contributed by atoms with Gasteiger partial charge in [0.25, 0.3) is 0 Å². The highest BCUT2D eigenvalue weighted by atomic mass is 19.4. The molecular formula is C15H14F3N5O. The van der Waals surface area contributed by atoms with Crippen molar-refractivity contribution in [2.45, 2.75) is 19.0 Å². The summed E-state index contributed by atoms with van der Waals surface area (Å²) in [6, 6.07) is 4.72. The van der Waals surface area contributed by atoms with Gasteiger partial charge < -0.3 is 5.32 Å². The molecule has 2 N–H and O–H groups in total. The third kappa shape index (κ3) is 3.39. The zero-order valence-corrected chi connectivity index (χ0v) is 12.5. The minimum atomic E-state index is -4.54. The molecule has 0 aliphatic rings. The van der Waals surface area contributed by atoms with Gasteiger partial charge in [-0.3, -0.25) is 4.98 Å². The number of aromatic nitrogens is 4. The maximum atomic E-state index is 13.0. The summed E-state index contributed by atoms with van der Waals surface area (Å²) in [7, 11) is 0. The number of H-pyrrole nitrogens is 1. The third-order valence-electron chi connectivity index (χ3n) is 3.52. The standard InChI is InChI=1S/C15H14F3N5O/c16-15(17,18)11-7-12(13-21-22-14(24)23(13)9-11)20-6-2-4-10-3-1-5-19-8-10/h1,3,5,7-9,20H,2,4,6H2,(H,22,24). The molecule has 6 nitrogen and oxygen atoms in total. The summed E-state index contributed by atoms with van der Waals surface area (Å²) in [5.41, 5.74) is -0.281. The van der Waals surface area contributed by atoms with Crippen LogP contribution in [0.4, 0.5) is 18.9 Å². The number of nitrogens with zero attached hydrogens (tertiary/aromatic N) is 3. The Labute approximate surface area is 134 Å². The number of alkyl halides is 3. The molecule has 0 aliphatic carbocycles. The largest absolute Gasteiger partial charge is 0.417 e. The smallest absolute Gasteiger partial charge is 0.382 e. The number of hydrogen-bond donors (Lipinski definition) is 2. The fraction of sp³-hybridized carbons (Fsp3) is 0.267. The number of halogens is 3. The summed E-state index contributed by atoms with van der Waals surface area (Å²) in [6.45, 7) is 0.437. The predicted octanol–water partition coefficient (Wildman–Crippen LogP) is 2.48. The molecule has 0 atom stereocenters. The maximum Gasteiger partial charge on any atom is 0.417 e.